The lowest BCUT2D eigenvalue weighted by molar-refractivity contribution is -0.384. The third kappa shape index (κ3) is 2.53. The highest BCUT2D eigenvalue weighted by molar-refractivity contribution is 6.31. The van der Waals surface area contributed by atoms with E-state index in [9.17, 15) is 19.7 Å². The van der Waals surface area contributed by atoms with Crippen LogP contribution in [0.15, 0.2) is 48.5 Å². The normalized spacial score (nSPS) is 19.3. The van der Waals surface area contributed by atoms with Crippen molar-refractivity contribution in [1.82, 2.24) is 0 Å². The Morgan fingerprint density at radius 2 is 1.96 bits per heavy atom. The van der Waals surface area contributed by atoms with Gasteiger partial charge in [0.15, 0.2) is 5.54 Å². The first-order chi connectivity index (χ1) is 11.9. The number of halogens is 1. The van der Waals surface area contributed by atoms with Gasteiger partial charge in [0.1, 0.15) is 5.69 Å². The van der Waals surface area contributed by atoms with Gasteiger partial charge in [-0.25, -0.2) is 4.79 Å². The number of nitro groups is 1. The van der Waals surface area contributed by atoms with Gasteiger partial charge in [-0.2, -0.15) is 0 Å². The van der Waals surface area contributed by atoms with Crippen molar-refractivity contribution in [3.8, 4) is 0 Å². The number of β-lactam (4-membered cyclic amide) rings is 1. The average molecular weight is 361 g/mol. The largest absolute Gasteiger partial charge is 0.467 e. The van der Waals surface area contributed by atoms with Crippen LogP contribution in [0.4, 0.5) is 11.4 Å². The molecule has 8 heteroatoms. The second-order valence-corrected chi connectivity index (χ2v) is 5.95. The lowest BCUT2D eigenvalue weighted by Crippen LogP contribution is -2.66. The molecule has 0 aliphatic carbocycles. The van der Waals surface area contributed by atoms with Gasteiger partial charge in [-0.05, 0) is 17.7 Å². The zero-order valence-electron chi connectivity index (χ0n) is 13.1. The van der Waals surface area contributed by atoms with Gasteiger partial charge in [0.05, 0.1) is 18.5 Å². The quantitative estimate of drug-likeness (QED) is 0.362. The van der Waals surface area contributed by atoms with Crippen molar-refractivity contribution in [2.75, 3.05) is 12.0 Å². The summed E-state index contributed by atoms with van der Waals surface area (Å²) in [6.07, 6.45) is -0.135. The summed E-state index contributed by atoms with van der Waals surface area (Å²) in [5.41, 5.74) is -1.28. The van der Waals surface area contributed by atoms with E-state index in [0.717, 1.165) is 11.0 Å². The summed E-state index contributed by atoms with van der Waals surface area (Å²) >= 11 is 5.84. The lowest BCUT2D eigenvalue weighted by atomic mass is 9.76. The van der Waals surface area contributed by atoms with Gasteiger partial charge in [0, 0.05) is 11.1 Å². The van der Waals surface area contributed by atoms with Crippen molar-refractivity contribution < 1.29 is 19.2 Å². The van der Waals surface area contributed by atoms with E-state index in [4.69, 9.17) is 16.3 Å². The number of hydrogen-bond donors (Lipinski definition) is 0. The van der Waals surface area contributed by atoms with Crippen molar-refractivity contribution in [3.63, 3.8) is 0 Å². The number of benzene rings is 2. The number of hydrogen-bond acceptors (Lipinski definition) is 5. The third-order valence-electron chi connectivity index (χ3n) is 4.19. The standard InChI is InChI=1S/C17H13ClN2O5/c1-25-16(22)17(11-5-3-2-4-6-11)10-15(21)19(17)13-8-7-12(18)9-14(13)20(23)24/h2-9H,10H2,1H3. The smallest absolute Gasteiger partial charge is 0.337 e. The number of esters is 1. The van der Waals surface area contributed by atoms with Crippen LogP contribution in [0.1, 0.15) is 12.0 Å². The first-order valence-corrected chi connectivity index (χ1v) is 7.70. The molecule has 2 aromatic carbocycles. The van der Waals surface area contributed by atoms with E-state index >= 15 is 0 Å². The van der Waals surface area contributed by atoms with Crippen LogP contribution in [0.2, 0.25) is 5.02 Å². The van der Waals surface area contributed by atoms with Crippen molar-refractivity contribution in [3.05, 3.63) is 69.2 Å². The molecule has 0 bridgehead atoms. The average Bonchev–Trinajstić information content (AvgIpc) is 2.60. The molecule has 1 aliphatic heterocycles. The minimum atomic E-state index is -1.44. The SMILES string of the molecule is COC(=O)C1(c2ccccc2)CC(=O)N1c1ccc(Cl)cc1[N+](=O)[O-]. The number of nitro benzene ring substituents is 1. The van der Waals surface area contributed by atoms with Crippen LogP contribution in [0.3, 0.4) is 0 Å². The zero-order valence-corrected chi connectivity index (χ0v) is 13.9. The second kappa shape index (κ2) is 6.18. The predicted octanol–water partition coefficient (Wildman–Crippen LogP) is 3.05. The monoisotopic (exact) mass is 360 g/mol. The van der Waals surface area contributed by atoms with Gasteiger partial charge in [0.25, 0.3) is 5.69 Å². The number of carbonyl (C=O) groups excluding carboxylic acids is 2. The van der Waals surface area contributed by atoms with E-state index < -0.39 is 22.3 Å². The summed E-state index contributed by atoms with van der Waals surface area (Å²) < 4.78 is 4.91. The number of nitrogens with zero attached hydrogens (tertiary/aromatic N) is 2. The van der Waals surface area contributed by atoms with Gasteiger partial charge in [-0.1, -0.05) is 41.9 Å². The Morgan fingerprint density at radius 3 is 2.52 bits per heavy atom. The van der Waals surface area contributed by atoms with Crippen molar-refractivity contribution in [2.45, 2.75) is 12.0 Å². The number of amides is 1. The highest BCUT2D eigenvalue weighted by atomic mass is 35.5. The molecule has 25 heavy (non-hydrogen) atoms. The number of carbonyl (C=O) groups is 2. The number of ether oxygens (including phenoxy) is 1. The summed E-state index contributed by atoms with van der Waals surface area (Å²) in [5, 5.41) is 11.6. The maximum Gasteiger partial charge on any atom is 0.337 e. The van der Waals surface area contributed by atoms with E-state index in [0.29, 0.717) is 5.56 Å². The molecule has 0 N–H and O–H groups in total. The lowest BCUT2D eigenvalue weighted by Gasteiger charge is -2.49. The topological polar surface area (TPSA) is 89.8 Å². The molecule has 1 fully saturated rings. The Kier molecular flexibility index (Phi) is 4.18. The van der Waals surface area contributed by atoms with Crippen LogP contribution in [0.5, 0.6) is 0 Å². The van der Waals surface area contributed by atoms with E-state index in [2.05, 4.69) is 0 Å². The van der Waals surface area contributed by atoms with Crippen LogP contribution in [0.25, 0.3) is 0 Å². The fourth-order valence-electron chi connectivity index (χ4n) is 3.07. The summed E-state index contributed by atoms with van der Waals surface area (Å²) in [7, 11) is 1.21. The molecule has 1 atom stereocenters. The molecule has 3 rings (SSSR count). The predicted molar refractivity (Wildman–Crippen MR) is 90.3 cm³/mol. The summed E-state index contributed by atoms with van der Waals surface area (Å²) in [6, 6.07) is 12.5. The maximum atomic E-state index is 12.6. The van der Waals surface area contributed by atoms with E-state index in [-0.39, 0.29) is 22.8 Å². The first-order valence-electron chi connectivity index (χ1n) is 7.33. The fraction of sp³-hybridized carbons (Fsp3) is 0.176. The minimum absolute atomic E-state index is 0.0000898. The number of methoxy groups -OCH3 is 1. The summed E-state index contributed by atoms with van der Waals surface area (Å²) in [4.78, 5) is 36.8. The molecule has 0 spiro atoms. The fourth-order valence-corrected chi connectivity index (χ4v) is 3.23. The Labute approximate surface area is 147 Å². The molecule has 128 valence electrons. The van der Waals surface area contributed by atoms with Crippen LogP contribution in [0, 0.1) is 10.1 Å². The minimum Gasteiger partial charge on any atom is -0.467 e. The Bertz CT molecular complexity index is 871. The van der Waals surface area contributed by atoms with Crippen molar-refractivity contribution in [2.24, 2.45) is 0 Å². The van der Waals surface area contributed by atoms with Gasteiger partial charge in [0.2, 0.25) is 5.91 Å². The number of rotatable bonds is 4. The van der Waals surface area contributed by atoms with E-state index in [1.54, 1.807) is 30.3 Å². The molecule has 2 aromatic rings. The highest BCUT2D eigenvalue weighted by Gasteiger charge is 2.60. The van der Waals surface area contributed by atoms with E-state index in [1.165, 1.54) is 19.2 Å². The summed E-state index contributed by atoms with van der Waals surface area (Å²) in [6.45, 7) is 0. The van der Waals surface area contributed by atoms with E-state index in [1.807, 2.05) is 0 Å². The molecule has 1 unspecified atom stereocenters. The molecule has 0 aromatic heterocycles. The van der Waals surface area contributed by atoms with Crippen molar-refractivity contribution >= 4 is 34.9 Å². The molecule has 0 saturated carbocycles. The van der Waals surface area contributed by atoms with Gasteiger partial charge in [-0.3, -0.25) is 19.8 Å². The zero-order chi connectivity index (χ0) is 18.2. The van der Waals surface area contributed by atoms with Crippen LogP contribution in [-0.4, -0.2) is 23.9 Å². The molecular formula is C17H13ClN2O5. The molecule has 1 aliphatic rings. The Hall–Kier alpha value is -2.93. The van der Waals surface area contributed by atoms with Gasteiger partial charge >= 0.3 is 5.97 Å². The van der Waals surface area contributed by atoms with Gasteiger partial charge in [-0.15, -0.1) is 0 Å². The Balaban J connectivity index is 2.22. The molecular weight excluding hydrogens is 348 g/mol. The van der Waals surface area contributed by atoms with Crippen LogP contribution >= 0.6 is 11.6 Å². The molecule has 1 saturated heterocycles. The van der Waals surface area contributed by atoms with Crippen LogP contribution < -0.4 is 4.90 Å². The van der Waals surface area contributed by atoms with Crippen LogP contribution in [-0.2, 0) is 19.9 Å². The number of anilines is 1. The second-order valence-electron chi connectivity index (χ2n) is 5.51. The Morgan fingerprint density at radius 1 is 1.28 bits per heavy atom. The van der Waals surface area contributed by atoms with Gasteiger partial charge < -0.3 is 4.74 Å². The molecule has 1 amide bonds. The third-order valence-corrected chi connectivity index (χ3v) is 4.42. The first kappa shape index (κ1) is 16.9. The highest BCUT2D eigenvalue weighted by Crippen LogP contribution is 2.48. The molecule has 1 heterocycles. The molecule has 0 radical (unpaired) electrons. The maximum absolute atomic E-state index is 12.6. The van der Waals surface area contributed by atoms with Crippen molar-refractivity contribution in [1.29, 1.82) is 0 Å². The molecule has 7 nitrogen and oxygen atoms in total. The summed E-state index contributed by atoms with van der Waals surface area (Å²) in [5.74, 6) is -1.08.